The second-order valence-corrected chi connectivity index (χ2v) is 6.83. The van der Waals surface area contributed by atoms with Gasteiger partial charge in [-0.15, -0.1) is 0 Å². The van der Waals surface area contributed by atoms with Crippen molar-refractivity contribution < 1.29 is 19.0 Å². The molecule has 2 heterocycles. The summed E-state index contributed by atoms with van der Waals surface area (Å²) in [5, 5.41) is 1.03. The Labute approximate surface area is 158 Å². The highest BCUT2D eigenvalue weighted by Crippen LogP contribution is 2.42. The Kier molecular flexibility index (Phi) is 4.00. The van der Waals surface area contributed by atoms with Crippen molar-refractivity contribution >= 4 is 38.7 Å². The average molecular weight is 414 g/mol. The summed E-state index contributed by atoms with van der Waals surface area (Å²) in [7, 11) is 5.05. The third kappa shape index (κ3) is 2.49. The molecule has 0 bridgehead atoms. The lowest BCUT2D eigenvalue weighted by Crippen LogP contribution is -2.00. The average Bonchev–Trinajstić information content (AvgIpc) is 3.13. The highest BCUT2D eigenvalue weighted by molar-refractivity contribution is 9.10. The van der Waals surface area contributed by atoms with Gasteiger partial charge in [-0.25, -0.2) is 0 Å². The van der Waals surface area contributed by atoms with Crippen LogP contribution in [0.2, 0.25) is 0 Å². The number of hydrogen-bond acceptors (Lipinski definition) is 4. The van der Waals surface area contributed by atoms with Crippen LogP contribution in [0.25, 0.3) is 17.0 Å². The number of aromatic nitrogens is 1. The van der Waals surface area contributed by atoms with Crippen LogP contribution in [0.1, 0.15) is 15.9 Å². The zero-order valence-corrected chi connectivity index (χ0v) is 16.1. The lowest BCUT2D eigenvalue weighted by molar-refractivity contribution is 0.101. The Morgan fingerprint density at radius 2 is 2.00 bits per heavy atom. The summed E-state index contributed by atoms with van der Waals surface area (Å²) >= 11 is 3.59. The van der Waals surface area contributed by atoms with Gasteiger partial charge in [-0.05, 0) is 18.2 Å². The Morgan fingerprint density at radius 3 is 2.73 bits per heavy atom. The predicted octanol–water partition coefficient (Wildman–Crippen LogP) is 4.57. The number of Topliss-reactive ketones (excluding diaryl/α,β-unsaturated/α-hetero) is 1. The third-order valence-electron chi connectivity index (χ3n) is 4.45. The molecule has 2 aromatic carbocycles. The van der Waals surface area contributed by atoms with Crippen molar-refractivity contribution in [2.24, 2.45) is 7.05 Å². The number of rotatable bonds is 3. The molecule has 1 aliphatic heterocycles. The van der Waals surface area contributed by atoms with Gasteiger partial charge in [-0.2, -0.15) is 0 Å². The van der Waals surface area contributed by atoms with E-state index in [0.717, 1.165) is 20.9 Å². The lowest BCUT2D eigenvalue weighted by atomic mass is 10.1. The number of ether oxygens (including phenoxy) is 3. The Balaban J connectivity index is 1.85. The first-order valence-electron chi connectivity index (χ1n) is 7.97. The predicted molar refractivity (Wildman–Crippen MR) is 103 cm³/mol. The Bertz CT molecular complexity index is 1080. The van der Waals surface area contributed by atoms with Crippen LogP contribution < -0.4 is 14.2 Å². The molecular weight excluding hydrogens is 398 g/mol. The summed E-state index contributed by atoms with van der Waals surface area (Å²) in [4.78, 5) is 12.9. The molecule has 0 spiro atoms. The first-order valence-corrected chi connectivity index (χ1v) is 8.76. The minimum Gasteiger partial charge on any atom is -0.496 e. The van der Waals surface area contributed by atoms with Gasteiger partial charge in [-0.1, -0.05) is 22.0 Å². The van der Waals surface area contributed by atoms with Gasteiger partial charge in [0, 0.05) is 46.3 Å². The van der Waals surface area contributed by atoms with E-state index in [2.05, 4.69) is 15.9 Å². The summed E-state index contributed by atoms with van der Waals surface area (Å²) < 4.78 is 19.4. The van der Waals surface area contributed by atoms with E-state index in [-0.39, 0.29) is 11.5 Å². The zero-order valence-electron chi connectivity index (χ0n) is 14.5. The number of allylic oxidation sites excluding steroid dienone is 1. The first-order chi connectivity index (χ1) is 12.5. The molecule has 0 saturated carbocycles. The monoisotopic (exact) mass is 413 g/mol. The van der Waals surface area contributed by atoms with E-state index in [0.29, 0.717) is 22.8 Å². The number of methoxy groups -OCH3 is 2. The number of hydrogen-bond donors (Lipinski definition) is 0. The number of benzene rings is 2. The van der Waals surface area contributed by atoms with E-state index < -0.39 is 0 Å². The molecule has 5 nitrogen and oxygen atoms in total. The number of nitrogens with zero attached hydrogens (tertiary/aromatic N) is 1. The standard InChI is InChI=1S/C20H16BrNO4/c1-22-10-11(18-13(21)5-4-6-14(18)22)7-17-20(23)19-15(25-3)8-12(24-2)9-16(19)26-17/h4-10H,1-3H3. The van der Waals surface area contributed by atoms with Gasteiger partial charge in [0.15, 0.2) is 5.76 Å². The van der Waals surface area contributed by atoms with Crippen LogP contribution in [0.4, 0.5) is 0 Å². The van der Waals surface area contributed by atoms with Crippen molar-refractivity contribution in [2.75, 3.05) is 14.2 Å². The van der Waals surface area contributed by atoms with Gasteiger partial charge in [-0.3, -0.25) is 4.79 Å². The minimum atomic E-state index is -0.205. The first kappa shape index (κ1) is 16.7. The minimum absolute atomic E-state index is 0.205. The fourth-order valence-corrected chi connectivity index (χ4v) is 3.80. The summed E-state index contributed by atoms with van der Waals surface area (Å²) in [5.41, 5.74) is 2.38. The van der Waals surface area contributed by atoms with E-state index in [1.165, 1.54) is 7.11 Å². The molecule has 3 aromatic rings. The maximum absolute atomic E-state index is 12.9. The number of ketones is 1. The van der Waals surface area contributed by atoms with Gasteiger partial charge >= 0.3 is 0 Å². The molecule has 26 heavy (non-hydrogen) atoms. The maximum atomic E-state index is 12.9. The summed E-state index contributed by atoms with van der Waals surface area (Å²) in [6, 6.07) is 9.35. The summed E-state index contributed by atoms with van der Waals surface area (Å²) in [5.74, 6) is 1.50. The van der Waals surface area contributed by atoms with Gasteiger partial charge in [0.25, 0.3) is 0 Å². The van der Waals surface area contributed by atoms with Gasteiger partial charge in [0.1, 0.15) is 22.8 Å². The summed E-state index contributed by atoms with van der Waals surface area (Å²) in [6.07, 6.45) is 3.74. The van der Waals surface area contributed by atoms with Gasteiger partial charge in [0.05, 0.1) is 14.2 Å². The van der Waals surface area contributed by atoms with E-state index in [9.17, 15) is 4.79 Å². The number of fused-ring (bicyclic) bond motifs is 2. The van der Waals surface area contributed by atoms with Gasteiger partial charge < -0.3 is 18.8 Å². The molecule has 0 fully saturated rings. The van der Waals surface area contributed by atoms with Crippen LogP contribution in [0.5, 0.6) is 17.2 Å². The molecule has 1 aromatic heterocycles. The van der Waals surface area contributed by atoms with Crippen LogP contribution in [-0.4, -0.2) is 24.6 Å². The molecular formula is C20H16BrNO4. The largest absolute Gasteiger partial charge is 0.496 e. The van der Waals surface area contributed by atoms with E-state index in [1.54, 1.807) is 25.3 Å². The highest BCUT2D eigenvalue weighted by atomic mass is 79.9. The molecule has 6 heteroatoms. The van der Waals surface area contributed by atoms with Crippen molar-refractivity contribution in [3.05, 3.63) is 57.9 Å². The molecule has 0 amide bonds. The molecule has 0 atom stereocenters. The normalized spacial score (nSPS) is 14.6. The molecule has 4 rings (SSSR count). The van der Waals surface area contributed by atoms with Crippen LogP contribution in [-0.2, 0) is 7.05 Å². The van der Waals surface area contributed by atoms with Crippen molar-refractivity contribution in [3.63, 3.8) is 0 Å². The Morgan fingerprint density at radius 1 is 1.19 bits per heavy atom. The number of carbonyl (C=O) groups excluding carboxylic acids is 1. The fourth-order valence-electron chi connectivity index (χ4n) is 3.22. The van der Waals surface area contributed by atoms with E-state index in [1.807, 2.05) is 36.0 Å². The maximum Gasteiger partial charge on any atom is 0.235 e. The van der Waals surface area contributed by atoms with Crippen LogP contribution in [0.15, 0.2) is 46.8 Å². The fraction of sp³-hybridized carbons (Fsp3) is 0.150. The lowest BCUT2D eigenvalue weighted by Gasteiger charge is -2.07. The van der Waals surface area contributed by atoms with Crippen LogP contribution in [0, 0.1) is 0 Å². The zero-order chi connectivity index (χ0) is 18.4. The molecule has 0 N–H and O–H groups in total. The molecule has 0 radical (unpaired) electrons. The topological polar surface area (TPSA) is 49.7 Å². The number of carbonyl (C=O) groups is 1. The third-order valence-corrected chi connectivity index (χ3v) is 5.11. The smallest absolute Gasteiger partial charge is 0.235 e. The van der Waals surface area contributed by atoms with E-state index in [4.69, 9.17) is 14.2 Å². The van der Waals surface area contributed by atoms with Crippen molar-refractivity contribution in [1.29, 1.82) is 0 Å². The quantitative estimate of drug-likeness (QED) is 0.589. The number of aryl methyl sites for hydroxylation is 1. The molecule has 132 valence electrons. The SMILES string of the molecule is COc1cc(OC)c2c(c1)OC(=Cc1cn(C)c3cccc(Br)c13)C2=O. The second kappa shape index (κ2) is 6.21. The molecule has 0 saturated heterocycles. The highest BCUT2D eigenvalue weighted by Gasteiger charge is 2.32. The molecule has 0 aliphatic carbocycles. The van der Waals surface area contributed by atoms with Crippen molar-refractivity contribution in [2.45, 2.75) is 0 Å². The van der Waals surface area contributed by atoms with Crippen molar-refractivity contribution in [3.8, 4) is 17.2 Å². The van der Waals surface area contributed by atoms with Crippen LogP contribution >= 0.6 is 15.9 Å². The van der Waals surface area contributed by atoms with Crippen molar-refractivity contribution in [1.82, 2.24) is 4.57 Å². The van der Waals surface area contributed by atoms with E-state index >= 15 is 0 Å². The second-order valence-electron chi connectivity index (χ2n) is 5.97. The number of halogens is 1. The molecule has 0 unspecified atom stereocenters. The molecule has 1 aliphatic rings. The van der Waals surface area contributed by atoms with Gasteiger partial charge in [0.2, 0.25) is 5.78 Å². The summed E-state index contributed by atoms with van der Waals surface area (Å²) in [6.45, 7) is 0. The van der Waals surface area contributed by atoms with Crippen LogP contribution in [0.3, 0.4) is 0 Å². The Hall–Kier alpha value is -2.73.